The van der Waals surface area contributed by atoms with E-state index < -0.39 is 0 Å². The number of guanidine groups is 1. The molecule has 4 rings (SSSR count). The first-order valence-corrected chi connectivity index (χ1v) is 10.4. The number of hydrogen-bond acceptors (Lipinski definition) is 3. The summed E-state index contributed by atoms with van der Waals surface area (Å²) in [4.78, 5) is 4.89. The number of aromatic nitrogens is 2. The summed E-state index contributed by atoms with van der Waals surface area (Å²) in [6.45, 7) is 1.37. The van der Waals surface area contributed by atoms with Crippen molar-refractivity contribution in [2.45, 2.75) is 44.7 Å². The van der Waals surface area contributed by atoms with Crippen LogP contribution in [-0.4, -0.2) is 28.3 Å². The molecule has 0 amide bonds. The van der Waals surface area contributed by atoms with Gasteiger partial charge in [-0.2, -0.15) is 5.10 Å². The maximum Gasteiger partial charge on any atom is 0.191 e. The summed E-state index contributed by atoms with van der Waals surface area (Å²) in [7, 11) is 1.96. The third-order valence-corrected chi connectivity index (χ3v) is 5.30. The van der Waals surface area contributed by atoms with Crippen LogP contribution < -0.4 is 10.6 Å². The average Bonchev–Trinajstić information content (AvgIpc) is 3.49. The highest BCUT2D eigenvalue weighted by atomic mass is 127. The number of nitrogens with one attached hydrogen (secondary N) is 2. The van der Waals surface area contributed by atoms with Crippen molar-refractivity contribution in [3.8, 4) is 11.3 Å². The molecule has 0 aliphatic heterocycles. The molecule has 0 atom stereocenters. The van der Waals surface area contributed by atoms with Gasteiger partial charge in [0.25, 0.3) is 0 Å². The highest BCUT2D eigenvalue weighted by molar-refractivity contribution is 14.0. The fourth-order valence-electron chi connectivity index (χ4n) is 3.83. The SMILES string of the molecule is Cn1cc(CN=C(NCCc2ccco2)NC2CCCC2)c(-c2ccccc2)n1.I. The van der Waals surface area contributed by atoms with Gasteiger partial charge in [0, 0.05) is 43.4 Å². The molecule has 6 nitrogen and oxygen atoms in total. The summed E-state index contributed by atoms with van der Waals surface area (Å²) < 4.78 is 7.30. The molecule has 0 unspecified atom stereocenters. The first-order chi connectivity index (χ1) is 14.3. The number of nitrogens with zero attached hydrogens (tertiary/aromatic N) is 3. The standard InChI is InChI=1S/C23H29N5O.HI/c1-28-17-19(22(27-28)18-8-3-2-4-9-18)16-25-23(26-20-10-5-6-11-20)24-14-13-21-12-7-15-29-21;/h2-4,7-9,12,15,17,20H,5-6,10-11,13-14,16H2,1H3,(H2,24,25,26);1H. The Labute approximate surface area is 195 Å². The molecule has 1 aliphatic rings. The van der Waals surface area contributed by atoms with Crippen LogP contribution >= 0.6 is 24.0 Å². The quantitative estimate of drug-likeness (QED) is 0.274. The van der Waals surface area contributed by atoms with Gasteiger partial charge in [0.05, 0.1) is 18.5 Å². The Morgan fingerprint density at radius 2 is 1.97 bits per heavy atom. The van der Waals surface area contributed by atoms with E-state index in [1.54, 1.807) is 6.26 Å². The van der Waals surface area contributed by atoms with E-state index >= 15 is 0 Å². The number of rotatable bonds is 7. The molecule has 1 aromatic carbocycles. The van der Waals surface area contributed by atoms with Crippen molar-refractivity contribution < 1.29 is 4.42 Å². The zero-order chi connectivity index (χ0) is 19.9. The van der Waals surface area contributed by atoms with Gasteiger partial charge in [-0.15, -0.1) is 24.0 Å². The van der Waals surface area contributed by atoms with Crippen molar-refractivity contribution in [3.05, 3.63) is 66.2 Å². The Kier molecular flexibility index (Phi) is 8.36. The molecule has 3 aromatic rings. The normalized spacial score (nSPS) is 14.5. The van der Waals surface area contributed by atoms with Crippen LogP contribution in [0.15, 0.2) is 64.3 Å². The predicted molar refractivity (Wildman–Crippen MR) is 131 cm³/mol. The Bertz CT molecular complexity index is 914. The summed E-state index contributed by atoms with van der Waals surface area (Å²) in [5.74, 6) is 1.85. The van der Waals surface area contributed by atoms with Crippen molar-refractivity contribution in [2.75, 3.05) is 6.54 Å². The van der Waals surface area contributed by atoms with Gasteiger partial charge in [-0.05, 0) is 25.0 Å². The molecule has 2 heterocycles. The summed E-state index contributed by atoms with van der Waals surface area (Å²) in [6.07, 6.45) is 9.61. The Morgan fingerprint density at radius 1 is 1.17 bits per heavy atom. The van der Waals surface area contributed by atoms with Gasteiger partial charge in [0.15, 0.2) is 5.96 Å². The maximum atomic E-state index is 5.43. The van der Waals surface area contributed by atoms with Crippen molar-refractivity contribution >= 4 is 29.9 Å². The number of aliphatic imine (C=N–C) groups is 1. The summed E-state index contributed by atoms with van der Waals surface area (Å²) in [6, 6.07) is 14.7. The molecule has 160 valence electrons. The molecule has 1 fully saturated rings. The van der Waals surface area contributed by atoms with Crippen LogP contribution in [-0.2, 0) is 20.0 Å². The lowest BCUT2D eigenvalue weighted by Crippen LogP contribution is -2.43. The fraction of sp³-hybridized carbons (Fsp3) is 0.391. The largest absolute Gasteiger partial charge is 0.469 e. The molecule has 2 N–H and O–H groups in total. The zero-order valence-electron chi connectivity index (χ0n) is 17.4. The van der Waals surface area contributed by atoms with Crippen LogP contribution in [0.1, 0.15) is 37.0 Å². The average molecular weight is 519 g/mol. The van der Waals surface area contributed by atoms with Crippen LogP contribution in [0.4, 0.5) is 0 Å². The van der Waals surface area contributed by atoms with Gasteiger partial charge in [-0.25, -0.2) is 4.99 Å². The number of hydrogen-bond donors (Lipinski definition) is 2. The van der Waals surface area contributed by atoms with Gasteiger partial charge >= 0.3 is 0 Å². The van der Waals surface area contributed by atoms with Crippen molar-refractivity contribution in [1.82, 2.24) is 20.4 Å². The molecule has 1 aliphatic carbocycles. The first-order valence-electron chi connectivity index (χ1n) is 10.4. The van der Waals surface area contributed by atoms with Gasteiger partial charge in [0.2, 0.25) is 0 Å². The lowest BCUT2D eigenvalue weighted by atomic mass is 10.1. The molecule has 0 spiro atoms. The molecule has 0 radical (unpaired) electrons. The van der Waals surface area contributed by atoms with E-state index in [0.29, 0.717) is 12.6 Å². The second kappa shape index (κ2) is 11.2. The van der Waals surface area contributed by atoms with E-state index in [9.17, 15) is 0 Å². The number of halogens is 1. The molecule has 0 saturated heterocycles. The van der Waals surface area contributed by atoms with Crippen LogP contribution in [0.3, 0.4) is 0 Å². The Hall–Kier alpha value is -2.29. The van der Waals surface area contributed by atoms with E-state index in [1.807, 2.05) is 42.1 Å². The molecular formula is C23H30IN5O. The predicted octanol–water partition coefficient (Wildman–Crippen LogP) is 4.52. The minimum atomic E-state index is 0. The van der Waals surface area contributed by atoms with E-state index in [0.717, 1.165) is 41.5 Å². The third kappa shape index (κ3) is 6.10. The van der Waals surface area contributed by atoms with E-state index in [4.69, 9.17) is 9.41 Å². The molecule has 1 saturated carbocycles. The molecular weight excluding hydrogens is 489 g/mol. The maximum absolute atomic E-state index is 5.43. The van der Waals surface area contributed by atoms with Gasteiger partial charge in [-0.1, -0.05) is 43.2 Å². The van der Waals surface area contributed by atoms with Crippen LogP contribution in [0.2, 0.25) is 0 Å². The highest BCUT2D eigenvalue weighted by Gasteiger charge is 2.16. The zero-order valence-corrected chi connectivity index (χ0v) is 19.7. The summed E-state index contributed by atoms with van der Waals surface area (Å²) in [5.41, 5.74) is 3.24. The lowest BCUT2D eigenvalue weighted by molar-refractivity contribution is 0.506. The van der Waals surface area contributed by atoms with Crippen LogP contribution in [0, 0.1) is 0 Å². The fourth-order valence-corrected chi connectivity index (χ4v) is 3.83. The van der Waals surface area contributed by atoms with Crippen molar-refractivity contribution in [3.63, 3.8) is 0 Å². The first kappa shape index (κ1) is 22.4. The molecule has 7 heteroatoms. The molecule has 0 bridgehead atoms. The number of furan rings is 1. The third-order valence-electron chi connectivity index (χ3n) is 5.30. The molecule has 30 heavy (non-hydrogen) atoms. The van der Waals surface area contributed by atoms with Gasteiger partial charge < -0.3 is 15.1 Å². The minimum absolute atomic E-state index is 0. The lowest BCUT2D eigenvalue weighted by Gasteiger charge is -2.17. The van der Waals surface area contributed by atoms with Gasteiger partial charge in [-0.3, -0.25) is 4.68 Å². The van der Waals surface area contributed by atoms with Crippen LogP contribution in [0.25, 0.3) is 11.3 Å². The highest BCUT2D eigenvalue weighted by Crippen LogP contribution is 2.22. The molecule has 2 aromatic heterocycles. The van der Waals surface area contributed by atoms with E-state index in [1.165, 1.54) is 25.7 Å². The number of aryl methyl sites for hydroxylation is 1. The van der Waals surface area contributed by atoms with E-state index in [-0.39, 0.29) is 24.0 Å². The summed E-state index contributed by atoms with van der Waals surface area (Å²) >= 11 is 0. The van der Waals surface area contributed by atoms with Crippen molar-refractivity contribution in [2.24, 2.45) is 12.0 Å². The Morgan fingerprint density at radius 3 is 2.70 bits per heavy atom. The van der Waals surface area contributed by atoms with Crippen LogP contribution in [0.5, 0.6) is 0 Å². The van der Waals surface area contributed by atoms with E-state index in [2.05, 4.69) is 34.1 Å². The van der Waals surface area contributed by atoms with Crippen molar-refractivity contribution in [1.29, 1.82) is 0 Å². The monoisotopic (exact) mass is 519 g/mol. The van der Waals surface area contributed by atoms with Gasteiger partial charge in [0.1, 0.15) is 5.76 Å². The smallest absolute Gasteiger partial charge is 0.191 e. The second-order valence-corrected chi connectivity index (χ2v) is 7.59. The topological polar surface area (TPSA) is 67.4 Å². The minimum Gasteiger partial charge on any atom is -0.469 e. The number of benzene rings is 1. The Balaban J connectivity index is 0.00000256. The summed E-state index contributed by atoms with van der Waals surface area (Å²) in [5, 5.41) is 11.7. The second-order valence-electron chi connectivity index (χ2n) is 7.59.